The smallest absolute Gasteiger partial charge is 0.123 e. The molecule has 5 heteroatoms. The Labute approximate surface area is 128 Å². The van der Waals surface area contributed by atoms with Crippen molar-refractivity contribution in [2.24, 2.45) is 0 Å². The van der Waals surface area contributed by atoms with Gasteiger partial charge in [-0.25, -0.2) is 0 Å². The average molecular weight is 391 g/mol. The van der Waals surface area contributed by atoms with Gasteiger partial charge in [-0.05, 0) is 24.3 Å². The number of ether oxygens (including phenoxy) is 1. The van der Waals surface area contributed by atoms with Gasteiger partial charge in [0.15, 0.2) is 0 Å². The molecule has 0 unspecified atom stereocenters. The Kier molecular flexibility index (Phi) is 5.03. The summed E-state index contributed by atoms with van der Waals surface area (Å²) in [5.74, 6) is 0.850. The molecule has 0 atom stereocenters. The minimum atomic E-state index is 0.434. The van der Waals surface area contributed by atoms with Gasteiger partial charge in [-0.2, -0.15) is 0 Å². The van der Waals surface area contributed by atoms with Crippen molar-refractivity contribution >= 4 is 43.5 Å². The van der Waals surface area contributed by atoms with Crippen LogP contribution < -0.4 is 4.74 Å². The molecule has 0 fully saturated rings. The molecule has 1 aromatic heterocycles. The third-order valence-electron chi connectivity index (χ3n) is 2.41. The Morgan fingerprint density at radius 2 is 2.06 bits per heavy atom. The largest absolute Gasteiger partial charge is 0.489 e. The van der Waals surface area contributed by atoms with Crippen molar-refractivity contribution in [3.05, 3.63) is 57.3 Å². The summed E-state index contributed by atoms with van der Waals surface area (Å²) in [7, 11) is 0. The molecule has 0 radical (unpaired) electrons. The van der Waals surface area contributed by atoms with Gasteiger partial charge in [0.25, 0.3) is 0 Å². The van der Waals surface area contributed by atoms with E-state index < -0.39 is 0 Å². The zero-order chi connectivity index (χ0) is 13.0. The van der Waals surface area contributed by atoms with Crippen molar-refractivity contribution in [3.63, 3.8) is 0 Å². The number of hydrogen-bond donors (Lipinski definition) is 0. The monoisotopic (exact) mass is 389 g/mol. The Hall–Kier alpha value is -0.580. The number of rotatable bonds is 4. The van der Waals surface area contributed by atoms with Crippen LogP contribution in [0.5, 0.6) is 5.75 Å². The van der Waals surface area contributed by atoms with E-state index >= 15 is 0 Å². The minimum Gasteiger partial charge on any atom is -0.489 e. The van der Waals surface area contributed by atoms with E-state index in [4.69, 9.17) is 16.3 Å². The van der Waals surface area contributed by atoms with Crippen molar-refractivity contribution in [1.29, 1.82) is 0 Å². The third-order valence-corrected chi connectivity index (χ3v) is 3.84. The topological polar surface area (TPSA) is 22.1 Å². The maximum atomic E-state index is 6.03. The first kappa shape index (κ1) is 13.8. The molecule has 1 aromatic carbocycles. The van der Waals surface area contributed by atoms with Gasteiger partial charge in [-0.3, -0.25) is 4.98 Å². The normalized spacial score (nSPS) is 10.4. The Balaban J connectivity index is 2.13. The van der Waals surface area contributed by atoms with E-state index in [0.29, 0.717) is 11.6 Å². The lowest BCUT2D eigenvalue weighted by atomic mass is 10.2. The Morgan fingerprint density at radius 1 is 1.22 bits per heavy atom. The maximum Gasteiger partial charge on any atom is 0.123 e. The molecule has 0 aliphatic carbocycles. The predicted octanol–water partition coefficient (Wildman–Crippen LogP) is 4.97. The lowest BCUT2D eigenvalue weighted by molar-refractivity contribution is 0.304. The summed E-state index contributed by atoms with van der Waals surface area (Å²) in [5.41, 5.74) is 2.02. The summed E-state index contributed by atoms with van der Waals surface area (Å²) in [6.07, 6.45) is 3.32. The summed E-state index contributed by atoms with van der Waals surface area (Å²) in [4.78, 5) is 3.94. The van der Waals surface area contributed by atoms with E-state index in [-0.39, 0.29) is 0 Å². The van der Waals surface area contributed by atoms with Crippen LogP contribution in [-0.2, 0) is 11.9 Å². The van der Waals surface area contributed by atoms with E-state index in [1.54, 1.807) is 12.4 Å². The van der Waals surface area contributed by atoms with Crippen LogP contribution in [0, 0.1) is 0 Å². The van der Waals surface area contributed by atoms with Gasteiger partial charge in [0, 0.05) is 33.3 Å². The van der Waals surface area contributed by atoms with Gasteiger partial charge < -0.3 is 4.74 Å². The molecule has 2 nitrogen and oxygen atoms in total. The van der Waals surface area contributed by atoms with Crippen LogP contribution in [0.1, 0.15) is 11.1 Å². The van der Waals surface area contributed by atoms with E-state index in [1.807, 2.05) is 24.3 Å². The van der Waals surface area contributed by atoms with Gasteiger partial charge in [-0.15, -0.1) is 0 Å². The average Bonchev–Trinajstić information content (AvgIpc) is 2.39. The van der Waals surface area contributed by atoms with Crippen molar-refractivity contribution < 1.29 is 4.74 Å². The summed E-state index contributed by atoms with van der Waals surface area (Å²) < 4.78 is 6.82. The van der Waals surface area contributed by atoms with Gasteiger partial charge in [0.2, 0.25) is 0 Å². The highest BCUT2D eigenvalue weighted by atomic mass is 79.9. The second-order valence-corrected chi connectivity index (χ2v) is 5.53. The number of benzene rings is 1. The number of pyridine rings is 1. The van der Waals surface area contributed by atoms with Gasteiger partial charge in [0.05, 0.1) is 5.02 Å². The van der Waals surface area contributed by atoms with Crippen molar-refractivity contribution in [1.82, 2.24) is 4.98 Å². The fraction of sp³-hybridized carbons (Fsp3) is 0.154. The fourth-order valence-electron chi connectivity index (χ4n) is 1.47. The summed E-state index contributed by atoms with van der Waals surface area (Å²) in [5, 5.41) is 1.36. The quantitative estimate of drug-likeness (QED) is 0.687. The molecule has 18 heavy (non-hydrogen) atoms. The molecule has 0 saturated carbocycles. The second kappa shape index (κ2) is 6.55. The van der Waals surface area contributed by atoms with Crippen LogP contribution in [0.2, 0.25) is 5.02 Å². The standard InChI is InChI=1S/C13H10Br2ClNO/c14-6-10-5-11(15)1-2-13(10)18-8-9-3-4-17-7-12(9)16/h1-5,7H,6,8H2. The van der Waals surface area contributed by atoms with Crippen LogP contribution in [-0.4, -0.2) is 4.98 Å². The molecule has 0 bridgehead atoms. The van der Waals surface area contributed by atoms with Crippen LogP contribution in [0.15, 0.2) is 41.1 Å². The number of halogens is 3. The van der Waals surface area contributed by atoms with E-state index in [0.717, 1.165) is 26.7 Å². The zero-order valence-corrected chi connectivity index (χ0v) is 13.3. The van der Waals surface area contributed by atoms with Crippen LogP contribution in [0.3, 0.4) is 0 Å². The van der Waals surface area contributed by atoms with Gasteiger partial charge >= 0.3 is 0 Å². The summed E-state index contributed by atoms with van der Waals surface area (Å²) in [6, 6.07) is 7.78. The molecule has 0 aliphatic heterocycles. The lowest BCUT2D eigenvalue weighted by Crippen LogP contribution is -1.98. The highest BCUT2D eigenvalue weighted by Crippen LogP contribution is 2.26. The zero-order valence-electron chi connectivity index (χ0n) is 9.37. The van der Waals surface area contributed by atoms with Crippen molar-refractivity contribution in [2.45, 2.75) is 11.9 Å². The van der Waals surface area contributed by atoms with Crippen LogP contribution >= 0.6 is 43.5 Å². The first-order chi connectivity index (χ1) is 8.70. The molecule has 0 aliphatic rings. The molecular formula is C13H10Br2ClNO. The molecule has 0 saturated heterocycles. The number of aromatic nitrogens is 1. The SMILES string of the molecule is Clc1cnccc1COc1ccc(Br)cc1CBr. The Bertz CT molecular complexity index is 548. The summed E-state index contributed by atoms with van der Waals surface area (Å²) >= 11 is 12.9. The number of hydrogen-bond acceptors (Lipinski definition) is 2. The highest BCUT2D eigenvalue weighted by Gasteiger charge is 2.05. The van der Waals surface area contributed by atoms with Crippen LogP contribution in [0.4, 0.5) is 0 Å². The third kappa shape index (κ3) is 3.46. The van der Waals surface area contributed by atoms with Crippen LogP contribution in [0.25, 0.3) is 0 Å². The predicted molar refractivity (Wildman–Crippen MR) is 80.4 cm³/mol. The van der Waals surface area contributed by atoms with Gasteiger partial charge in [-0.1, -0.05) is 43.5 Å². The highest BCUT2D eigenvalue weighted by molar-refractivity contribution is 9.10. The molecule has 94 valence electrons. The fourth-order valence-corrected chi connectivity index (χ4v) is 2.49. The Morgan fingerprint density at radius 3 is 2.78 bits per heavy atom. The van der Waals surface area contributed by atoms with E-state index in [1.165, 1.54) is 0 Å². The van der Waals surface area contributed by atoms with E-state index in [2.05, 4.69) is 36.8 Å². The number of nitrogens with zero attached hydrogens (tertiary/aromatic N) is 1. The van der Waals surface area contributed by atoms with Gasteiger partial charge in [0.1, 0.15) is 12.4 Å². The first-order valence-electron chi connectivity index (χ1n) is 5.26. The lowest BCUT2D eigenvalue weighted by Gasteiger charge is -2.11. The van der Waals surface area contributed by atoms with E-state index in [9.17, 15) is 0 Å². The molecule has 2 aromatic rings. The van der Waals surface area contributed by atoms with Crippen molar-refractivity contribution in [3.8, 4) is 5.75 Å². The molecule has 0 N–H and O–H groups in total. The minimum absolute atomic E-state index is 0.434. The molecule has 1 heterocycles. The maximum absolute atomic E-state index is 6.03. The molecule has 0 amide bonds. The molecule has 0 spiro atoms. The summed E-state index contributed by atoms with van der Waals surface area (Å²) in [6.45, 7) is 0.434. The molecular weight excluding hydrogens is 381 g/mol. The first-order valence-corrected chi connectivity index (χ1v) is 7.55. The second-order valence-electron chi connectivity index (χ2n) is 3.64. The van der Waals surface area contributed by atoms with Crippen molar-refractivity contribution in [2.75, 3.05) is 0 Å². The molecule has 2 rings (SSSR count). The number of alkyl halides is 1.